The molecule has 0 aromatic heterocycles. The summed E-state index contributed by atoms with van der Waals surface area (Å²) in [6.45, 7) is 0. The van der Waals surface area contributed by atoms with Gasteiger partial charge in [-0.05, 0) is 35.5 Å². The minimum atomic E-state index is -0.734. The van der Waals surface area contributed by atoms with E-state index in [-0.39, 0.29) is 47.3 Å². The SMILES string of the molecule is O=C(O)C1[C@H]2C=C[C@@H]3C(C(=O)O)[C@H]4C=C[C@H]1C4C23. The first-order valence-corrected chi connectivity index (χ1v) is 6.43. The number of allylic oxidation sites excluding steroid dienone is 4. The Bertz CT molecular complexity index is 432. The van der Waals surface area contributed by atoms with E-state index in [1.807, 2.05) is 24.3 Å². The maximum atomic E-state index is 11.4. The van der Waals surface area contributed by atoms with Gasteiger partial charge in [-0.15, -0.1) is 0 Å². The fourth-order valence-electron chi connectivity index (χ4n) is 5.17. The van der Waals surface area contributed by atoms with E-state index in [0.717, 1.165) is 0 Å². The van der Waals surface area contributed by atoms with E-state index >= 15 is 0 Å². The van der Waals surface area contributed by atoms with Crippen LogP contribution in [0.25, 0.3) is 0 Å². The van der Waals surface area contributed by atoms with Gasteiger partial charge in [0.25, 0.3) is 0 Å². The van der Waals surface area contributed by atoms with Crippen LogP contribution in [0.4, 0.5) is 0 Å². The lowest BCUT2D eigenvalue weighted by molar-refractivity contribution is -0.144. The predicted octanol–water partition coefficient (Wildman–Crippen LogP) is 1.25. The summed E-state index contributed by atoms with van der Waals surface area (Å²) in [5, 5.41) is 18.8. The van der Waals surface area contributed by atoms with Gasteiger partial charge in [-0.25, -0.2) is 0 Å². The van der Waals surface area contributed by atoms with E-state index in [0.29, 0.717) is 0 Å². The zero-order valence-corrected chi connectivity index (χ0v) is 9.64. The Morgan fingerprint density at radius 1 is 0.667 bits per heavy atom. The van der Waals surface area contributed by atoms with Gasteiger partial charge in [-0.1, -0.05) is 24.3 Å². The average Bonchev–Trinajstić information content (AvgIpc) is 2.95. The highest BCUT2D eigenvalue weighted by Gasteiger charge is 2.67. The summed E-state index contributed by atoms with van der Waals surface area (Å²) in [5.41, 5.74) is 0. The number of hydrogen-bond donors (Lipinski definition) is 2. The smallest absolute Gasteiger partial charge is 0.307 e. The van der Waals surface area contributed by atoms with E-state index in [4.69, 9.17) is 0 Å². The predicted molar refractivity (Wildman–Crippen MR) is 61.5 cm³/mol. The molecule has 4 aliphatic carbocycles. The van der Waals surface area contributed by atoms with Crippen molar-refractivity contribution in [3.8, 4) is 0 Å². The Morgan fingerprint density at radius 2 is 0.944 bits per heavy atom. The van der Waals surface area contributed by atoms with E-state index in [1.54, 1.807) is 0 Å². The lowest BCUT2D eigenvalue weighted by Gasteiger charge is -2.19. The molecule has 4 aliphatic rings. The first kappa shape index (κ1) is 10.4. The third-order valence-corrected chi connectivity index (χ3v) is 5.56. The number of aliphatic carboxylic acids is 2. The summed E-state index contributed by atoms with van der Waals surface area (Å²) in [7, 11) is 0. The maximum absolute atomic E-state index is 11.4. The van der Waals surface area contributed by atoms with Crippen LogP contribution in [0.3, 0.4) is 0 Å². The maximum Gasteiger partial charge on any atom is 0.307 e. The topological polar surface area (TPSA) is 74.6 Å². The number of carboxylic acids is 2. The second-order valence-corrected chi connectivity index (χ2v) is 5.96. The second-order valence-electron chi connectivity index (χ2n) is 5.96. The van der Waals surface area contributed by atoms with Crippen LogP contribution in [0.15, 0.2) is 24.3 Å². The van der Waals surface area contributed by atoms with Crippen LogP contribution in [0.5, 0.6) is 0 Å². The molecular formula is C14H14O4. The van der Waals surface area contributed by atoms with Crippen LogP contribution in [0.2, 0.25) is 0 Å². The van der Waals surface area contributed by atoms with Gasteiger partial charge >= 0.3 is 11.9 Å². The van der Waals surface area contributed by atoms with E-state index in [1.165, 1.54) is 0 Å². The lowest BCUT2D eigenvalue weighted by atomic mass is 9.83. The highest BCUT2D eigenvalue weighted by atomic mass is 16.4. The normalized spacial score (nSPS) is 54.0. The van der Waals surface area contributed by atoms with Crippen LogP contribution in [-0.2, 0) is 9.59 Å². The molecule has 2 N–H and O–H groups in total. The fourth-order valence-corrected chi connectivity index (χ4v) is 5.17. The first-order chi connectivity index (χ1) is 8.61. The molecule has 0 unspecified atom stereocenters. The Hall–Kier alpha value is -1.58. The van der Waals surface area contributed by atoms with Crippen molar-refractivity contribution >= 4 is 11.9 Å². The summed E-state index contributed by atoms with van der Waals surface area (Å²) in [4.78, 5) is 22.9. The van der Waals surface area contributed by atoms with Crippen molar-refractivity contribution in [3.63, 3.8) is 0 Å². The van der Waals surface area contributed by atoms with Crippen molar-refractivity contribution in [2.45, 2.75) is 0 Å². The molecule has 0 spiro atoms. The molecule has 2 saturated carbocycles. The van der Waals surface area contributed by atoms with E-state index < -0.39 is 11.9 Å². The van der Waals surface area contributed by atoms with E-state index in [2.05, 4.69) is 0 Å². The molecule has 18 heavy (non-hydrogen) atoms. The molecule has 0 saturated heterocycles. The van der Waals surface area contributed by atoms with Crippen molar-refractivity contribution in [1.29, 1.82) is 0 Å². The third kappa shape index (κ3) is 0.945. The molecule has 94 valence electrons. The number of carbonyl (C=O) groups is 2. The monoisotopic (exact) mass is 246 g/mol. The first-order valence-electron chi connectivity index (χ1n) is 6.43. The standard InChI is InChI=1S/C14H14O4/c15-13(16)11-5-1-2-6-9(5)10-7(11)3-4-8(10)12(6)14(17)18/h1-12H,(H,15,16)(H,17,18)/t5-,6-,7-,8-,9?,10?,11?,12?/m0/s1. The summed E-state index contributed by atoms with van der Waals surface area (Å²) >= 11 is 0. The second kappa shape index (κ2) is 3.05. The molecule has 0 amide bonds. The molecule has 2 fully saturated rings. The largest absolute Gasteiger partial charge is 0.481 e. The van der Waals surface area contributed by atoms with Crippen LogP contribution in [-0.4, -0.2) is 22.2 Å². The molecule has 0 aromatic rings. The highest BCUT2D eigenvalue weighted by molar-refractivity contribution is 5.76. The zero-order valence-electron chi connectivity index (χ0n) is 9.64. The van der Waals surface area contributed by atoms with Crippen molar-refractivity contribution in [3.05, 3.63) is 24.3 Å². The Morgan fingerprint density at radius 3 is 1.17 bits per heavy atom. The number of hydrogen-bond acceptors (Lipinski definition) is 2. The van der Waals surface area contributed by atoms with Gasteiger partial charge in [0.05, 0.1) is 11.8 Å². The molecule has 0 heterocycles. The zero-order chi connectivity index (χ0) is 12.6. The molecule has 0 bridgehead atoms. The van der Waals surface area contributed by atoms with Gasteiger partial charge in [0.15, 0.2) is 0 Å². The molecule has 4 heteroatoms. The molecule has 4 atom stereocenters. The summed E-state index contributed by atoms with van der Waals surface area (Å²) in [6.07, 6.45) is 7.86. The quantitative estimate of drug-likeness (QED) is 0.719. The van der Waals surface area contributed by atoms with Crippen molar-refractivity contribution in [2.24, 2.45) is 47.3 Å². The molecular weight excluding hydrogens is 232 g/mol. The van der Waals surface area contributed by atoms with Crippen molar-refractivity contribution in [1.82, 2.24) is 0 Å². The fraction of sp³-hybridized carbons (Fsp3) is 0.571. The summed E-state index contributed by atoms with van der Waals surface area (Å²) in [6, 6.07) is 0. The van der Waals surface area contributed by atoms with Crippen molar-refractivity contribution in [2.75, 3.05) is 0 Å². The van der Waals surface area contributed by atoms with Gasteiger partial charge in [-0.3, -0.25) is 9.59 Å². The van der Waals surface area contributed by atoms with Gasteiger partial charge in [0.2, 0.25) is 0 Å². The van der Waals surface area contributed by atoms with Crippen LogP contribution in [0, 0.1) is 47.3 Å². The molecule has 4 nitrogen and oxygen atoms in total. The van der Waals surface area contributed by atoms with Crippen LogP contribution in [0.1, 0.15) is 0 Å². The molecule has 0 aliphatic heterocycles. The molecule has 0 radical (unpaired) electrons. The van der Waals surface area contributed by atoms with Gasteiger partial charge < -0.3 is 10.2 Å². The minimum Gasteiger partial charge on any atom is -0.481 e. The minimum absolute atomic E-state index is 0.0410. The number of carboxylic acid groups (broad SMARTS) is 2. The van der Waals surface area contributed by atoms with Crippen molar-refractivity contribution < 1.29 is 19.8 Å². The van der Waals surface area contributed by atoms with Gasteiger partial charge in [0, 0.05) is 0 Å². The number of rotatable bonds is 2. The van der Waals surface area contributed by atoms with Crippen LogP contribution >= 0.6 is 0 Å². The van der Waals surface area contributed by atoms with Gasteiger partial charge in [-0.2, -0.15) is 0 Å². The Balaban J connectivity index is 1.82. The van der Waals surface area contributed by atoms with Crippen LogP contribution < -0.4 is 0 Å². The van der Waals surface area contributed by atoms with E-state index in [9.17, 15) is 19.8 Å². The lowest BCUT2D eigenvalue weighted by Crippen LogP contribution is -2.28. The van der Waals surface area contributed by atoms with Gasteiger partial charge in [0.1, 0.15) is 0 Å². The average molecular weight is 246 g/mol. The molecule has 0 aromatic carbocycles. The highest BCUT2D eigenvalue weighted by Crippen LogP contribution is 2.67. The summed E-state index contributed by atoms with van der Waals surface area (Å²) in [5.74, 6) is -1.54. The molecule has 4 rings (SSSR count). The Labute approximate surface area is 104 Å². The Kier molecular flexibility index (Phi) is 1.75. The summed E-state index contributed by atoms with van der Waals surface area (Å²) < 4.78 is 0. The third-order valence-electron chi connectivity index (χ3n) is 5.56.